The van der Waals surface area contributed by atoms with Crippen molar-refractivity contribution in [2.24, 2.45) is 4.99 Å². The van der Waals surface area contributed by atoms with Gasteiger partial charge in [0.15, 0.2) is 17.4 Å². The molecular formula is C21H25IN8. The Kier molecular flexibility index (Phi) is 7.77. The number of nitrogens with one attached hydrogen (secondary N) is 2. The molecule has 0 aliphatic carbocycles. The molecule has 156 valence electrons. The Labute approximate surface area is 192 Å². The molecule has 2 N–H and O–H groups in total. The Morgan fingerprint density at radius 3 is 2.73 bits per heavy atom. The predicted molar refractivity (Wildman–Crippen MR) is 128 cm³/mol. The van der Waals surface area contributed by atoms with Crippen LogP contribution in [-0.4, -0.2) is 36.9 Å². The van der Waals surface area contributed by atoms with Crippen molar-refractivity contribution in [3.05, 3.63) is 84.1 Å². The number of rotatable bonds is 7. The third-order valence-electron chi connectivity index (χ3n) is 4.46. The van der Waals surface area contributed by atoms with Crippen LogP contribution in [0.3, 0.4) is 0 Å². The van der Waals surface area contributed by atoms with Crippen molar-refractivity contribution >= 4 is 35.6 Å². The van der Waals surface area contributed by atoms with Gasteiger partial charge in [-0.15, -0.1) is 34.2 Å². The van der Waals surface area contributed by atoms with Crippen LogP contribution in [0.1, 0.15) is 23.9 Å². The van der Waals surface area contributed by atoms with Gasteiger partial charge >= 0.3 is 0 Å². The van der Waals surface area contributed by atoms with E-state index in [4.69, 9.17) is 4.99 Å². The van der Waals surface area contributed by atoms with Crippen molar-refractivity contribution in [3.8, 4) is 0 Å². The molecule has 0 amide bonds. The average Bonchev–Trinajstić information content (AvgIpc) is 3.40. The molecule has 3 heterocycles. The zero-order chi connectivity index (χ0) is 19.9. The Balaban J connectivity index is 0.00000256. The molecule has 0 atom stereocenters. The van der Waals surface area contributed by atoms with Crippen molar-refractivity contribution in [1.82, 2.24) is 35.0 Å². The summed E-state index contributed by atoms with van der Waals surface area (Å²) in [7, 11) is 0. The Morgan fingerprint density at radius 1 is 1.00 bits per heavy atom. The maximum Gasteiger partial charge on any atom is 0.191 e. The lowest BCUT2D eigenvalue weighted by Crippen LogP contribution is -2.37. The van der Waals surface area contributed by atoms with E-state index in [0.29, 0.717) is 13.1 Å². The third-order valence-corrected chi connectivity index (χ3v) is 4.46. The van der Waals surface area contributed by atoms with E-state index in [2.05, 4.69) is 50.2 Å². The van der Waals surface area contributed by atoms with Gasteiger partial charge in [-0.25, -0.2) is 4.99 Å². The molecule has 4 aromatic rings. The van der Waals surface area contributed by atoms with E-state index in [1.54, 1.807) is 6.20 Å². The Hall–Kier alpha value is -2.95. The largest absolute Gasteiger partial charge is 0.357 e. The summed E-state index contributed by atoms with van der Waals surface area (Å²) in [6.45, 7) is 4.71. The van der Waals surface area contributed by atoms with Gasteiger partial charge in [0.1, 0.15) is 0 Å². The summed E-state index contributed by atoms with van der Waals surface area (Å²) >= 11 is 0. The molecule has 4 rings (SSSR count). The minimum Gasteiger partial charge on any atom is -0.357 e. The minimum atomic E-state index is 0. The van der Waals surface area contributed by atoms with Crippen LogP contribution >= 0.6 is 24.0 Å². The van der Waals surface area contributed by atoms with Gasteiger partial charge in [-0.2, -0.15) is 5.10 Å². The van der Waals surface area contributed by atoms with Crippen molar-refractivity contribution in [2.75, 3.05) is 6.54 Å². The lowest BCUT2D eigenvalue weighted by molar-refractivity contribution is 0.686. The number of aromatic nitrogens is 5. The van der Waals surface area contributed by atoms with Crippen molar-refractivity contribution in [2.45, 2.75) is 26.6 Å². The quantitative estimate of drug-likeness (QED) is 0.224. The van der Waals surface area contributed by atoms with Gasteiger partial charge in [-0.1, -0.05) is 30.3 Å². The summed E-state index contributed by atoms with van der Waals surface area (Å²) < 4.78 is 3.88. The molecule has 8 nitrogen and oxygen atoms in total. The number of hydrogen-bond donors (Lipinski definition) is 2. The maximum atomic E-state index is 4.72. The number of halogens is 1. The first-order valence-electron chi connectivity index (χ1n) is 9.68. The normalized spacial score (nSPS) is 11.3. The zero-order valence-electron chi connectivity index (χ0n) is 16.8. The van der Waals surface area contributed by atoms with Crippen LogP contribution in [0, 0.1) is 0 Å². The summed E-state index contributed by atoms with van der Waals surface area (Å²) in [5, 5.41) is 19.3. The van der Waals surface area contributed by atoms with Crippen molar-refractivity contribution < 1.29 is 0 Å². The molecule has 3 aromatic heterocycles. The fraction of sp³-hybridized carbons (Fsp3) is 0.238. The Morgan fingerprint density at radius 2 is 1.90 bits per heavy atom. The van der Waals surface area contributed by atoms with Crippen LogP contribution in [0.15, 0.2) is 72.1 Å². The fourth-order valence-corrected chi connectivity index (χ4v) is 3.09. The number of fused-ring (bicyclic) bond motifs is 1. The van der Waals surface area contributed by atoms with Crippen molar-refractivity contribution in [1.29, 1.82) is 0 Å². The molecule has 0 saturated carbocycles. The molecular weight excluding hydrogens is 491 g/mol. The summed E-state index contributed by atoms with van der Waals surface area (Å²) in [6.07, 6.45) is 5.72. The molecule has 1 aromatic carbocycles. The number of nitrogens with zero attached hydrogens (tertiary/aromatic N) is 6. The highest BCUT2D eigenvalue weighted by Gasteiger charge is 2.06. The van der Waals surface area contributed by atoms with Gasteiger partial charge in [0.05, 0.1) is 19.6 Å². The van der Waals surface area contributed by atoms with Crippen LogP contribution in [-0.2, 0) is 19.6 Å². The highest BCUT2D eigenvalue weighted by atomic mass is 127. The number of benzene rings is 1. The molecule has 0 fully saturated rings. The molecule has 0 aliphatic heterocycles. The Bertz CT molecular complexity index is 1090. The molecule has 0 unspecified atom stereocenters. The van der Waals surface area contributed by atoms with E-state index < -0.39 is 0 Å². The van der Waals surface area contributed by atoms with Gasteiger partial charge in [0.2, 0.25) is 0 Å². The van der Waals surface area contributed by atoms with Gasteiger partial charge < -0.3 is 10.6 Å². The van der Waals surface area contributed by atoms with E-state index in [0.717, 1.165) is 36.1 Å². The molecule has 0 saturated heterocycles. The molecule has 0 aliphatic rings. The summed E-state index contributed by atoms with van der Waals surface area (Å²) in [5.74, 6) is 1.59. The second-order valence-electron chi connectivity index (χ2n) is 6.62. The smallest absolute Gasteiger partial charge is 0.191 e. The molecule has 30 heavy (non-hydrogen) atoms. The minimum absolute atomic E-state index is 0. The SMILES string of the molecule is CCNC(=NCc1cccc(Cn2cccn2)c1)NCc1nnc2ccccn12.I. The number of hydrogen-bond acceptors (Lipinski definition) is 4. The van der Waals surface area contributed by atoms with E-state index in [1.807, 2.05) is 52.7 Å². The summed E-state index contributed by atoms with van der Waals surface area (Å²) in [4.78, 5) is 4.72. The van der Waals surface area contributed by atoms with Crippen molar-refractivity contribution in [3.63, 3.8) is 0 Å². The van der Waals surface area contributed by atoms with Crippen LogP contribution in [0.2, 0.25) is 0 Å². The van der Waals surface area contributed by atoms with Gasteiger partial charge in [0, 0.05) is 25.1 Å². The van der Waals surface area contributed by atoms with Gasteiger partial charge in [-0.05, 0) is 36.2 Å². The van der Waals surface area contributed by atoms with Crippen LogP contribution in [0.5, 0.6) is 0 Å². The topological polar surface area (TPSA) is 84.4 Å². The number of pyridine rings is 1. The third kappa shape index (κ3) is 5.56. The first kappa shape index (κ1) is 21.8. The van der Waals surface area contributed by atoms with E-state index in [9.17, 15) is 0 Å². The first-order chi connectivity index (χ1) is 14.3. The average molecular weight is 516 g/mol. The van der Waals surface area contributed by atoms with Crippen LogP contribution in [0.25, 0.3) is 5.65 Å². The first-order valence-corrected chi connectivity index (χ1v) is 9.68. The highest BCUT2D eigenvalue weighted by molar-refractivity contribution is 14.0. The monoisotopic (exact) mass is 516 g/mol. The summed E-state index contributed by atoms with van der Waals surface area (Å²) in [6, 6.07) is 16.2. The highest BCUT2D eigenvalue weighted by Crippen LogP contribution is 2.08. The molecule has 0 spiro atoms. The summed E-state index contributed by atoms with van der Waals surface area (Å²) in [5.41, 5.74) is 3.19. The predicted octanol–water partition coefficient (Wildman–Crippen LogP) is 2.85. The second kappa shape index (κ2) is 10.7. The molecule has 0 radical (unpaired) electrons. The lowest BCUT2D eigenvalue weighted by Gasteiger charge is -2.11. The standard InChI is InChI=1S/C21H24N8.HI/c1-2-22-21(24-15-20-27-26-19-9-3-4-12-29(19)20)23-14-17-7-5-8-18(13-17)16-28-11-6-10-25-28;/h3-13H,2,14-16H2,1H3,(H2,22,23,24);1H. The van der Waals surface area contributed by atoms with Gasteiger partial charge in [-0.3, -0.25) is 9.08 Å². The van der Waals surface area contributed by atoms with Crippen LogP contribution < -0.4 is 10.6 Å². The van der Waals surface area contributed by atoms with E-state index >= 15 is 0 Å². The van der Waals surface area contributed by atoms with Crippen LogP contribution in [0.4, 0.5) is 0 Å². The second-order valence-corrected chi connectivity index (χ2v) is 6.62. The lowest BCUT2D eigenvalue weighted by atomic mass is 10.1. The number of guanidine groups is 1. The fourth-order valence-electron chi connectivity index (χ4n) is 3.09. The molecule has 0 bridgehead atoms. The van der Waals surface area contributed by atoms with E-state index in [-0.39, 0.29) is 24.0 Å². The van der Waals surface area contributed by atoms with Gasteiger partial charge in [0.25, 0.3) is 0 Å². The number of aliphatic imine (C=N–C) groups is 1. The molecule has 9 heteroatoms. The maximum absolute atomic E-state index is 4.72. The zero-order valence-corrected chi connectivity index (χ0v) is 19.1. The van der Waals surface area contributed by atoms with E-state index in [1.165, 1.54) is 5.56 Å².